The molecule has 110 valence electrons. The summed E-state index contributed by atoms with van der Waals surface area (Å²) in [5.41, 5.74) is 4.09. The van der Waals surface area contributed by atoms with Crippen molar-refractivity contribution >= 4 is 44.5 Å². The molecule has 0 spiro atoms. The van der Waals surface area contributed by atoms with Crippen LogP contribution in [0.1, 0.15) is 37.6 Å². The van der Waals surface area contributed by atoms with E-state index in [1.165, 1.54) is 10.4 Å². The lowest BCUT2D eigenvalue weighted by atomic mass is 9.86. The maximum Gasteiger partial charge on any atom is 0.227 e. The van der Waals surface area contributed by atoms with Gasteiger partial charge in [0.15, 0.2) is 0 Å². The van der Waals surface area contributed by atoms with E-state index in [9.17, 15) is 4.79 Å². The topological polar surface area (TPSA) is 20.3 Å². The minimum atomic E-state index is -0.344. The second-order valence-electron chi connectivity index (χ2n) is 5.82. The van der Waals surface area contributed by atoms with E-state index in [1.807, 2.05) is 11.8 Å². The van der Waals surface area contributed by atoms with Crippen molar-refractivity contribution in [3.05, 3.63) is 32.5 Å². The number of rotatable bonds is 1. The van der Waals surface area contributed by atoms with E-state index in [4.69, 9.17) is 12.2 Å². The van der Waals surface area contributed by atoms with Crippen molar-refractivity contribution in [2.24, 2.45) is 0 Å². The van der Waals surface area contributed by atoms with Crippen molar-refractivity contribution in [1.29, 1.82) is 0 Å². The third-order valence-corrected chi connectivity index (χ3v) is 7.29. The molecule has 0 saturated heterocycles. The number of carbonyl (C=O) groups is 1. The van der Waals surface area contributed by atoms with Crippen LogP contribution in [0.15, 0.2) is 18.2 Å². The summed E-state index contributed by atoms with van der Waals surface area (Å²) in [4.78, 5) is 15.7. The SMILES string of the molecule is CCC(=O)N1c2ccc(C)cc2-c2c(ssc2=S)C1(C)C. The van der Waals surface area contributed by atoms with Gasteiger partial charge in [-0.25, -0.2) is 0 Å². The van der Waals surface area contributed by atoms with Crippen molar-refractivity contribution in [3.8, 4) is 11.1 Å². The minimum Gasteiger partial charge on any atom is -0.301 e. The zero-order valence-corrected chi connectivity index (χ0v) is 15.0. The number of hydrogen-bond donors (Lipinski definition) is 0. The standard InChI is InChI=1S/C16H17NOS3/c1-5-12(18)17-11-7-6-9(2)8-10(11)13-14(16(17,3)4)20-21-15(13)19/h6-8H,5H2,1-4H3. The first-order valence-corrected chi connectivity index (χ1v) is 9.51. The number of anilines is 1. The van der Waals surface area contributed by atoms with Crippen LogP contribution in [0.4, 0.5) is 5.69 Å². The first-order chi connectivity index (χ1) is 9.87. The van der Waals surface area contributed by atoms with Gasteiger partial charge in [0.1, 0.15) is 3.82 Å². The first-order valence-electron chi connectivity index (χ1n) is 6.95. The molecule has 1 aromatic heterocycles. The van der Waals surface area contributed by atoms with Crippen molar-refractivity contribution in [1.82, 2.24) is 0 Å². The van der Waals surface area contributed by atoms with Gasteiger partial charge in [-0.3, -0.25) is 4.79 Å². The number of amides is 1. The van der Waals surface area contributed by atoms with Gasteiger partial charge in [-0.2, -0.15) is 0 Å². The Kier molecular flexibility index (Phi) is 3.55. The Hall–Kier alpha value is -1.04. The van der Waals surface area contributed by atoms with E-state index in [1.54, 1.807) is 20.7 Å². The van der Waals surface area contributed by atoms with Crippen molar-refractivity contribution in [2.45, 2.75) is 39.7 Å². The van der Waals surface area contributed by atoms with Gasteiger partial charge in [-0.05, 0) is 32.9 Å². The Bertz CT molecular complexity index is 785. The fraction of sp³-hybridized carbons (Fsp3) is 0.375. The molecular formula is C16H17NOS3. The Morgan fingerprint density at radius 3 is 2.71 bits per heavy atom. The lowest BCUT2D eigenvalue weighted by Gasteiger charge is -2.43. The molecular weight excluding hydrogens is 318 g/mol. The van der Waals surface area contributed by atoms with Crippen LogP contribution in [0, 0.1) is 10.7 Å². The smallest absolute Gasteiger partial charge is 0.227 e. The number of nitrogens with zero attached hydrogens (tertiary/aromatic N) is 1. The monoisotopic (exact) mass is 335 g/mol. The van der Waals surface area contributed by atoms with E-state index in [2.05, 4.69) is 39.0 Å². The quantitative estimate of drug-likeness (QED) is 0.506. The first kappa shape index (κ1) is 14.9. The molecule has 2 aromatic rings. The largest absolute Gasteiger partial charge is 0.301 e. The molecule has 3 rings (SSSR count). The summed E-state index contributed by atoms with van der Waals surface area (Å²) in [5.74, 6) is 0.153. The molecule has 2 heterocycles. The van der Waals surface area contributed by atoms with Gasteiger partial charge in [-0.15, -0.1) is 0 Å². The molecule has 0 N–H and O–H groups in total. The van der Waals surface area contributed by atoms with E-state index in [0.717, 1.165) is 20.6 Å². The van der Waals surface area contributed by atoms with E-state index < -0.39 is 0 Å². The minimum absolute atomic E-state index is 0.153. The highest BCUT2D eigenvalue weighted by Crippen LogP contribution is 2.52. The zero-order chi connectivity index (χ0) is 15.4. The number of hydrogen-bond acceptors (Lipinski definition) is 4. The molecule has 0 atom stereocenters. The van der Waals surface area contributed by atoms with Crippen molar-refractivity contribution in [3.63, 3.8) is 0 Å². The highest BCUT2D eigenvalue weighted by atomic mass is 32.9. The summed E-state index contributed by atoms with van der Waals surface area (Å²) in [5, 5.41) is 0. The number of benzene rings is 1. The molecule has 1 amide bonds. The van der Waals surface area contributed by atoms with Crippen molar-refractivity contribution < 1.29 is 4.79 Å². The van der Waals surface area contributed by atoms with Gasteiger partial charge in [0, 0.05) is 17.5 Å². The average molecular weight is 336 g/mol. The van der Waals surface area contributed by atoms with Crippen LogP contribution in [0.25, 0.3) is 11.1 Å². The highest BCUT2D eigenvalue weighted by molar-refractivity contribution is 7.80. The molecule has 0 fully saturated rings. The number of carbonyl (C=O) groups excluding carboxylic acids is 1. The third-order valence-electron chi connectivity index (χ3n) is 3.96. The summed E-state index contributed by atoms with van der Waals surface area (Å²) in [6.45, 7) is 8.21. The Balaban J connectivity index is 2.39. The van der Waals surface area contributed by atoms with Crippen LogP contribution in [0.5, 0.6) is 0 Å². The van der Waals surface area contributed by atoms with Crippen LogP contribution >= 0.6 is 32.9 Å². The molecule has 21 heavy (non-hydrogen) atoms. The second kappa shape index (κ2) is 5.00. The van der Waals surface area contributed by atoms with Crippen LogP contribution in [-0.4, -0.2) is 5.91 Å². The van der Waals surface area contributed by atoms with Gasteiger partial charge in [-0.1, -0.05) is 51.5 Å². The summed E-state index contributed by atoms with van der Waals surface area (Å²) in [6.07, 6.45) is 0.502. The zero-order valence-electron chi connectivity index (χ0n) is 12.5. The van der Waals surface area contributed by atoms with Gasteiger partial charge >= 0.3 is 0 Å². The van der Waals surface area contributed by atoms with Gasteiger partial charge in [0.05, 0.1) is 16.1 Å². The second-order valence-corrected chi connectivity index (χ2v) is 8.64. The summed E-state index contributed by atoms with van der Waals surface area (Å²) in [7, 11) is 3.34. The fourth-order valence-electron chi connectivity index (χ4n) is 2.95. The molecule has 0 radical (unpaired) electrons. The average Bonchev–Trinajstić information content (AvgIpc) is 2.82. The molecule has 1 aliphatic heterocycles. The van der Waals surface area contributed by atoms with Crippen LogP contribution in [-0.2, 0) is 10.3 Å². The van der Waals surface area contributed by atoms with Crippen LogP contribution in [0.3, 0.4) is 0 Å². The van der Waals surface area contributed by atoms with Gasteiger partial charge in [0.25, 0.3) is 0 Å². The predicted molar refractivity (Wildman–Crippen MR) is 94.0 cm³/mol. The Morgan fingerprint density at radius 2 is 2.05 bits per heavy atom. The normalized spacial score (nSPS) is 15.5. The van der Waals surface area contributed by atoms with E-state index >= 15 is 0 Å². The molecule has 5 heteroatoms. The lowest BCUT2D eigenvalue weighted by Crippen LogP contribution is -2.47. The Morgan fingerprint density at radius 1 is 1.33 bits per heavy atom. The van der Waals surface area contributed by atoms with Gasteiger partial charge in [0.2, 0.25) is 5.91 Å². The Labute approximate surface area is 137 Å². The predicted octanol–water partition coefficient (Wildman–Crippen LogP) is 5.51. The van der Waals surface area contributed by atoms with Crippen molar-refractivity contribution in [2.75, 3.05) is 4.90 Å². The summed E-state index contributed by atoms with van der Waals surface area (Å²) in [6, 6.07) is 6.27. The third kappa shape index (κ3) is 2.10. The molecule has 0 bridgehead atoms. The maximum atomic E-state index is 12.6. The lowest BCUT2D eigenvalue weighted by molar-refractivity contribution is -0.119. The molecule has 0 aliphatic carbocycles. The molecule has 1 aromatic carbocycles. The molecule has 1 aliphatic rings. The maximum absolute atomic E-state index is 12.6. The van der Waals surface area contributed by atoms with Gasteiger partial charge < -0.3 is 4.90 Å². The highest BCUT2D eigenvalue weighted by Gasteiger charge is 2.42. The molecule has 0 saturated carbocycles. The van der Waals surface area contributed by atoms with Crippen LogP contribution in [0.2, 0.25) is 0 Å². The van der Waals surface area contributed by atoms with E-state index in [0.29, 0.717) is 6.42 Å². The molecule has 2 nitrogen and oxygen atoms in total. The number of aryl methyl sites for hydroxylation is 1. The summed E-state index contributed by atoms with van der Waals surface area (Å²) >= 11 is 5.55. The number of fused-ring (bicyclic) bond motifs is 3. The van der Waals surface area contributed by atoms with E-state index in [-0.39, 0.29) is 11.4 Å². The summed E-state index contributed by atoms with van der Waals surface area (Å²) < 4.78 is 0.929. The fourth-order valence-corrected chi connectivity index (χ4v) is 6.23. The molecule has 0 unspecified atom stereocenters. The van der Waals surface area contributed by atoms with Crippen LogP contribution < -0.4 is 4.90 Å².